The van der Waals surface area contributed by atoms with E-state index in [2.05, 4.69) is 38.9 Å². The first kappa shape index (κ1) is 18.8. The number of nitrogens with zero attached hydrogens (tertiary/aromatic N) is 6. The molecule has 1 aromatic carbocycles. The number of benzene rings is 1. The largest absolute Gasteiger partial charge is 0.354 e. The van der Waals surface area contributed by atoms with Gasteiger partial charge in [0.25, 0.3) is 0 Å². The van der Waals surface area contributed by atoms with E-state index in [1.807, 2.05) is 48.9 Å². The van der Waals surface area contributed by atoms with E-state index in [1.165, 1.54) is 11.0 Å². The molecule has 0 bridgehead atoms. The van der Waals surface area contributed by atoms with Gasteiger partial charge in [-0.3, -0.25) is 9.48 Å². The minimum Gasteiger partial charge on any atom is -0.354 e. The second kappa shape index (κ2) is 8.57. The second-order valence-electron chi connectivity index (χ2n) is 6.95. The summed E-state index contributed by atoms with van der Waals surface area (Å²) in [5.41, 5.74) is 3.19. The number of amides is 1. The van der Waals surface area contributed by atoms with Gasteiger partial charge in [-0.05, 0) is 41.8 Å². The van der Waals surface area contributed by atoms with E-state index in [0.29, 0.717) is 13.0 Å². The van der Waals surface area contributed by atoms with E-state index in [4.69, 9.17) is 0 Å². The van der Waals surface area contributed by atoms with Crippen molar-refractivity contribution in [1.82, 2.24) is 35.3 Å². The molecular weight excluding hydrogens is 342 g/mol. The average Bonchev–Trinajstić information content (AvgIpc) is 3.28. The fourth-order valence-electron chi connectivity index (χ4n) is 3.07. The molecule has 0 aliphatic carbocycles. The minimum atomic E-state index is -0.483. The van der Waals surface area contributed by atoms with Crippen molar-refractivity contribution in [2.45, 2.75) is 39.8 Å². The van der Waals surface area contributed by atoms with Crippen LogP contribution in [0.4, 0.5) is 0 Å². The maximum Gasteiger partial charge on any atom is 0.245 e. The van der Waals surface area contributed by atoms with Crippen LogP contribution in [-0.4, -0.2) is 42.4 Å². The van der Waals surface area contributed by atoms with Crippen LogP contribution < -0.4 is 5.32 Å². The van der Waals surface area contributed by atoms with Crippen molar-refractivity contribution in [1.29, 1.82) is 0 Å². The molecule has 0 aliphatic rings. The molecule has 8 heteroatoms. The smallest absolute Gasteiger partial charge is 0.245 e. The molecule has 0 spiro atoms. The van der Waals surface area contributed by atoms with Gasteiger partial charge in [0.1, 0.15) is 12.4 Å². The molecule has 27 heavy (non-hydrogen) atoms. The molecule has 0 unspecified atom stereocenters. The SMILES string of the molecule is Cc1cc(C)n(C[C@H](C)CNC(=O)[C@@H](Cc2ccccc2)n2cnnn2)n1. The van der Waals surface area contributed by atoms with E-state index in [-0.39, 0.29) is 11.8 Å². The molecule has 2 atom stereocenters. The highest BCUT2D eigenvalue weighted by Gasteiger charge is 2.22. The van der Waals surface area contributed by atoms with Gasteiger partial charge in [0.15, 0.2) is 0 Å². The predicted octanol–water partition coefficient (Wildman–Crippen LogP) is 1.72. The van der Waals surface area contributed by atoms with Crippen LogP contribution in [0.2, 0.25) is 0 Å². The van der Waals surface area contributed by atoms with Gasteiger partial charge in [-0.2, -0.15) is 5.10 Å². The van der Waals surface area contributed by atoms with Gasteiger partial charge in [-0.1, -0.05) is 37.3 Å². The standard InChI is InChI=1S/C19H25N7O/c1-14(12-25-16(3)9-15(2)22-25)11-20-19(27)18(26-13-21-23-24-26)10-17-7-5-4-6-8-17/h4-9,13-14,18H,10-12H2,1-3H3,(H,20,27)/t14-,18-/m1/s1. The van der Waals surface area contributed by atoms with E-state index in [1.54, 1.807) is 0 Å². The maximum absolute atomic E-state index is 12.8. The summed E-state index contributed by atoms with van der Waals surface area (Å²) in [6, 6.07) is 11.4. The zero-order valence-corrected chi connectivity index (χ0v) is 15.9. The molecular formula is C19H25N7O. The third-order valence-corrected chi connectivity index (χ3v) is 4.47. The maximum atomic E-state index is 12.8. The quantitative estimate of drug-likeness (QED) is 0.655. The van der Waals surface area contributed by atoms with Crippen LogP contribution in [0, 0.1) is 19.8 Å². The Labute approximate surface area is 158 Å². The lowest BCUT2D eigenvalue weighted by molar-refractivity contribution is -0.124. The Morgan fingerprint density at radius 1 is 1.22 bits per heavy atom. The molecule has 0 saturated carbocycles. The minimum absolute atomic E-state index is 0.0913. The zero-order valence-electron chi connectivity index (χ0n) is 15.9. The molecule has 0 fully saturated rings. The van der Waals surface area contributed by atoms with E-state index in [0.717, 1.165) is 23.5 Å². The first-order valence-electron chi connectivity index (χ1n) is 9.08. The summed E-state index contributed by atoms with van der Waals surface area (Å²) in [4.78, 5) is 12.8. The highest BCUT2D eigenvalue weighted by atomic mass is 16.2. The summed E-state index contributed by atoms with van der Waals surface area (Å²) in [6.07, 6.45) is 2.01. The topological polar surface area (TPSA) is 90.5 Å². The lowest BCUT2D eigenvalue weighted by Gasteiger charge is -2.19. The lowest BCUT2D eigenvalue weighted by Crippen LogP contribution is -2.37. The van der Waals surface area contributed by atoms with Crippen molar-refractivity contribution in [3.63, 3.8) is 0 Å². The fraction of sp³-hybridized carbons (Fsp3) is 0.421. The molecule has 0 saturated heterocycles. The van der Waals surface area contributed by atoms with Crippen LogP contribution in [0.25, 0.3) is 0 Å². The Kier molecular flexibility index (Phi) is 5.95. The van der Waals surface area contributed by atoms with Gasteiger partial charge in [0, 0.05) is 25.2 Å². The highest BCUT2D eigenvalue weighted by molar-refractivity contribution is 5.80. The molecule has 2 aromatic heterocycles. The predicted molar refractivity (Wildman–Crippen MR) is 101 cm³/mol. The molecule has 0 radical (unpaired) electrons. The molecule has 3 aromatic rings. The molecule has 1 N–H and O–H groups in total. The monoisotopic (exact) mass is 367 g/mol. The summed E-state index contributed by atoms with van der Waals surface area (Å²) < 4.78 is 3.49. The van der Waals surface area contributed by atoms with Crippen LogP contribution in [-0.2, 0) is 17.8 Å². The second-order valence-corrected chi connectivity index (χ2v) is 6.95. The van der Waals surface area contributed by atoms with Crippen LogP contribution in [0.15, 0.2) is 42.7 Å². The van der Waals surface area contributed by atoms with Crippen molar-refractivity contribution in [2.75, 3.05) is 6.54 Å². The Balaban J connectivity index is 1.61. The van der Waals surface area contributed by atoms with Gasteiger partial charge < -0.3 is 5.32 Å². The fourth-order valence-corrected chi connectivity index (χ4v) is 3.07. The number of tetrazole rings is 1. The van der Waals surface area contributed by atoms with Crippen molar-refractivity contribution in [3.05, 3.63) is 59.7 Å². The van der Waals surface area contributed by atoms with E-state index in [9.17, 15) is 4.79 Å². The summed E-state index contributed by atoms with van der Waals surface area (Å²) in [6.45, 7) is 7.44. The number of hydrogen-bond acceptors (Lipinski definition) is 5. The average molecular weight is 367 g/mol. The molecule has 0 aliphatic heterocycles. The normalized spacial score (nSPS) is 13.3. The van der Waals surface area contributed by atoms with Crippen molar-refractivity contribution in [3.8, 4) is 0 Å². The molecule has 142 valence electrons. The van der Waals surface area contributed by atoms with Gasteiger partial charge in [0.2, 0.25) is 5.91 Å². The van der Waals surface area contributed by atoms with Gasteiger partial charge in [-0.25, -0.2) is 4.68 Å². The Morgan fingerprint density at radius 2 is 2.00 bits per heavy atom. The third-order valence-electron chi connectivity index (χ3n) is 4.47. The van der Waals surface area contributed by atoms with E-state index < -0.39 is 6.04 Å². The lowest BCUT2D eigenvalue weighted by atomic mass is 10.1. The Hall–Kier alpha value is -3.03. The van der Waals surface area contributed by atoms with Gasteiger partial charge in [-0.15, -0.1) is 5.10 Å². The zero-order chi connectivity index (χ0) is 19.2. The number of aryl methyl sites for hydroxylation is 2. The number of carbonyl (C=O) groups excluding carboxylic acids is 1. The van der Waals surface area contributed by atoms with Crippen LogP contribution in [0.3, 0.4) is 0 Å². The first-order chi connectivity index (χ1) is 13.0. The molecule has 3 rings (SSSR count). The van der Waals surface area contributed by atoms with Crippen molar-refractivity contribution < 1.29 is 4.79 Å². The summed E-state index contributed by atoms with van der Waals surface area (Å²) >= 11 is 0. The van der Waals surface area contributed by atoms with Crippen molar-refractivity contribution in [2.24, 2.45) is 5.92 Å². The number of rotatable bonds is 8. The highest BCUT2D eigenvalue weighted by Crippen LogP contribution is 2.14. The van der Waals surface area contributed by atoms with Gasteiger partial charge >= 0.3 is 0 Å². The molecule has 2 heterocycles. The number of carbonyl (C=O) groups is 1. The van der Waals surface area contributed by atoms with E-state index >= 15 is 0 Å². The first-order valence-corrected chi connectivity index (χ1v) is 9.08. The summed E-state index contributed by atoms with van der Waals surface area (Å²) in [5.74, 6) is 0.157. The Morgan fingerprint density at radius 3 is 2.63 bits per heavy atom. The van der Waals surface area contributed by atoms with Crippen LogP contribution >= 0.6 is 0 Å². The van der Waals surface area contributed by atoms with Crippen LogP contribution in [0.5, 0.6) is 0 Å². The van der Waals surface area contributed by atoms with Crippen molar-refractivity contribution >= 4 is 5.91 Å². The third kappa shape index (κ3) is 4.99. The summed E-state index contributed by atoms with van der Waals surface area (Å²) in [5, 5.41) is 18.8. The Bertz CT molecular complexity index is 858. The van der Waals surface area contributed by atoms with Crippen LogP contribution in [0.1, 0.15) is 29.9 Å². The molecule has 8 nitrogen and oxygen atoms in total. The number of hydrogen-bond donors (Lipinski definition) is 1. The summed E-state index contributed by atoms with van der Waals surface area (Å²) in [7, 11) is 0. The van der Waals surface area contributed by atoms with Gasteiger partial charge in [0.05, 0.1) is 5.69 Å². The number of nitrogens with one attached hydrogen (secondary N) is 1. The number of aromatic nitrogens is 6. The molecule has 1 amide bonds.